The van der Waals surface area contributed by atoms with Crippen molar-refractivity contribution in [2.24, 2.45) is 5.92 Å². The molecule has 22 heavy (non-hydrogen) atoms. The fourth-order valence-electron chi connectivity index (χ4n) is 3.16. The van der Waals surface area contributed by atoms with Crippen LogP contribution < -0.4 is 0 Å². The number of hydrogen-bond donors (Lipinski definition) is 1. The van der Waals surface area contributed by atoms with Crippen molar-refractivity contribution in [2.75, 3.05) is 27.9 Å². The summed E-state index contributed by atoms with van der Waals surface area (Å²) in [5, 5.41) is 10.1. The smallest absolute Gasteiger partial charge is 0.390 e. The van der Waals surface area contributed by atoms with Crippen molar-refractivity contribution in [2.45, 2.75) is 70.1 Å². The molecule has 132 valence electrons. The SMILES string of the molecule is CCCCCOC1CC(CC[Si](OC)(OC)OC)CCC1O. The summed E-state index contributed by atoms with van der Waals surface area (Å²) < 4.78 is 22.3. The maximum atomic E-state index is 10.1. The van der Waals surface area contributed by atoms with Crippen molar-refractivity contribution < 1.29 is 23.1 Å². The Bertz CT molecular complexity index is 277. The Morgan fingerprint density at radius 1 is 1.05 bits per heavy atom. The second-order valence-corrected chi connectivity index (χ2v) is 9.29. The van der Waals surface area contributed by atoms with E-state index in [2.05, 4.69) is 6.92 Å². The number of aliphatic hydroxyl groups excluding tert-OH is 1. The molecular weight excluding hydrogens is 300 g/mol. The number of unbranched alkanes of at least 4 members (excludes halogenated alkanes) is 2. The summed E-state index contributed by atoms with van der Waals surface area (Å²) in [6.07, 6.45) is 6.93. The molecule has 1 saturated carbocycles. The van der Waals surface area contributed by atoms with Crippen LogP contribution >= 0.6 is 0 Å². The molecule has 3 unspecified atom stereocenters. The highest BCUT2D eigenvalue weighted by Crippen LogP contribution is 2.32. The van der Waals surface area contributed by atoms with Crippen LogP contribution in [-0.2, 0) is 18.0 Å². The third-order valence-electron chi connectivity index (χ3n) is 4.74. The van der Waals surface area contributed by atoms with Gasteiger partial charge in [-0.2, -0.15) is 0 Å². The third-order valence-corrected chi connectivity index (χ3v) is 7.50. The molecule has 1 fully saturated rings. The average Bonchev–Trinajstić information content (AvgIpc) is 2.55. The van der Waals surface area contributed by atoms with E-state index in [9.17, 15) is 5.11 Å². The highest BCUT2D eigenvalue weighted by molar-refractivity contribution is 6.60. The van der Waals surface area contributed by atoms with Gasteiger partial charge in [-0.3, -0.25) is 0 Å². The molecule has 0 aliphatic heterocycles. The van der Waals surface area contributed by atoms with E-state index >= 15 is 0 Å². The highest BCUT2D eigenvalue weighted by atomic mass is 28.4. The number of rotatable bonds is 11. The van der Waals surface area contributed by atoms with Gasteiger partial charge in [0.2, 0.25) is 0 Å². The zero-order chi connectivity index (χ0) is 16.4. The molecule has 0 radical (unpaired) electrons. The third kappa shape index (κ3) is 6.26. The Kier molecular flexibility index (Phi) is 9.78. The lowest BCUT2D eigenvalue weighted by molar-refractivity contribution is -0.0727. The number of hydrogen-bond acceptors (Lipinski definition) is 5. The summed E-state index contributed by atoms with van der Waals surface area (Å²) in [6, 6.07) is 0.819. The van der Waals surface area contributed by atoms with Crippen LogP contribution in [0.25, 0.3) is 0 Å². The van der Waals surface area contributed by atoms with E-state index in [4.69, 9.17) is 18.0 Å². The molecule has 1 aliphatic carbocycles. The quantitative estimate of drug-likeness (QED) is 0.465. The first kappa shape index (κ1) is 20.1. The zero-order valence-electron chi connectivity index (χ0n) is 14.7. The van der Waals surface area contributed by atoms with Gasteiger partial charge in [-0.15, -0.1) is 0 Å². The van der Waals surface area contributed by atoms with E-state index < -0.39 is 8.80 Å². The molecule has 0 aromatic rings. The minimum atomic E-state index is -2.48. The Balaban J connectivity index is 2.38. The Morgan fingerprint density at radius 2 is 1.73 bits per heavy atom. The van der Waals surface area contributed by atoms with Gasteiger partial charge >= 0.3 is 8.80 Å². The molecule has 0 amide bonds. The summed E-state index contributed by atoms with van der Waals surface area (Å²) in [4.78, 5) is 0. The minimum absolute atomic E-state index is 0.0145. The largest absolute Gasteiger partial charge is 0.500 e. The van der Waals surface area contributed by atoms with Gasteiger partial charge in [0.25, 0.3) is 0 Å². The molecule has 1 rings (SSSR count). The molecule has 0 aromatic heterocycles. The zero-order valence-corrected chi connectivity index (χ0v) is 15.7. The van der Waals surface area contributed by atoms with Crippen LogP contribution in [0.2, 0.25) is 6.04 Å². The van der Waals surface area contributed by atoms with Crippen LogP contribution in [0.1, 0.15) is 51.9 Å². The molecule has 1 aliphatic rings. The summed E-state index contributed by atoms with van der Waals surface area (Å²) in [7, 11) is 2.49. The van der Waals surface area contributed by atoms with Gasteiger partial charge in [0, 0.05) is 34.0 Å². The Morgan fingerprint density at radius 3 is 2.32 bits per heavy atom. The van der Waals surface area contributed by atoms with Crippen molar-refractivity contribution in [1.82, 2.24) is 0 Å². The van der Waals surface area contributed by atoms with Crippen molar-refractivity contribution >= 4 is 8.80 Å². The molecule has 0 bridgehead atoms. The normalized spacial score (nSPS) is 26.3. The van der Waals surface area contributed by atoms with Crippen molar-refractivity contribution in [1.29, 1.82) is 0 Å². The fraction of sp³-hybridized carbons (Fsp3) is 1.00. The van der Waals surface area contributed by atoms with E-state index in [1.54, 1.807) is 21.3 Å². The summed E-state index contributed by atoms with van der Waals surface area (Å²) in [6.45, 7) is 2.94. The predicted molar refractivity (Wildman–Crippen MR) is 88.8 cm³/mol. The van der Waals surface area contributed by atoms with Gasteiger partial charge in [-0.05, 0) is 38.0 Å². The summed E-state index contributed by atoms with van der Waals surface area (Å²) in [5.41, 5.74) is 0. The second kappa shape index (κ2) is 10.7. The van der Waals surface area contributed by atoms with Crippen molar-refractivity contribution in [3.8, 4) is 0 Å². The average molecular weight is 335 g/mol. The Labute approximate surface area is 136 Å². The molecule has 0 saturated heterocycles. The monoisotopic (exact) mass is 334 g/mol. The molecule has 1 N–H and O–H groups in total. The topological polar surface area (TPSA) is 57.2 Å². The van der Waals surface area contributed by atoms with Crippen LogP contribution in [0.3, 0.4) is 0 Å². The van der Waals surface area contributed by atoms with E-state index in [0.29, 0.717) is 5.92 Å². The van der Waals surface area contributed by atoms with Crippen LogP contribution in [-0.4, -0.2) is 54.1 Å². The van der Waals surface area contributed by atoms with E-state index in [-0.39, 0.29) is 12.2 Å². The van der Waals surface area contributed by atoms with Gasteiger partial charge in [0.05, 0.1) is 12.2 Å². The first-order chi connectivity index (χ1) is 10.6. The van der Waals surface area contributed by atoms with Gasteiger partial charge in [0.15, 0.2) is 0 Å². The predicted octanol–water partition coefficient (Wildman–Crippen LogP) is 2.99. The van der Waals surface area contributed by atoms with Crippen LogP contribution in [0.15, 0.2) is 0 Å². The summed E-state index contributed by atoms with van der Waals surface area (Å²) >= 11 is 0. The van der Waals surface area contributed by atoms with Gasteiger partial charge in [-0.1, -0.05) is 19.8 Å². The van der Waals surface area contributed by atoms with Gasteiger partial charge in [-0.25, -0.2) is 0 Å². The summed E-state index contributed by atoms with van der Waals surface area (Å²) in [5.74, 6) is 0.548. The van der Waals surface area contributed by atoms with Crippen LogP contribution in [0.5, 0.6) is 0 Å². The lowest BCUT2D eigenvalue weighted by Crippen LogP contribution is -2.43. The highest BCUT2D eigenvalue weighted by Gasteiger charge is 2.39. The van der Waals surface area contributed by atoms with E-state index in [1.165, 1.54) is 12.8 Å². The van der Waals surface area contributed by atoms with Crippen LogP contribution in [0.4, 0.5) is 0 Å². The first-order valence-corrected chi connectivity index (χ1v) is 10.5. The van der Waals surface area contributed by atoms with E-state index in [1.807, 2.05) is 0 Å². The lowest BCUT2D eigenvalue weighted by Gasteiger charge is -2.34. The molecular formula is C16H34O5Si. The number of aliphatic hydroxyl groups is 1. The lowest BCUT2D eigenvalue weighted by atomic mass is 9.84. The maximum absolute atomic E-state index is 10.1. The molecule has 0 spiro atoms. The fourth-order valence-corrected chi connectivity index (χ4v) is 5.04. The van der Waals surface area contributed by atoms with Crippen molar-refractivity contribution in [3.63, 3.8) is 0 Å². The molecule has 6 heteroatoms. The van der Waals surface area contributed by atoms with Gasteiger partial charge in [0.1, 0.15) is 0 Å². The molecule has 0 heterocycles. The molecule has 5 nitrogen and oxygen atoms in total. The maximum Gasteiger partial charge on any atom is 0.500 e. The number of ether oxygens (including phenoxy) is 1. The minimum Gasteiger partial charge on any atom is -0.390 e. The van der Waals surface area contributed by atoms with Crippen molar-refractivity contribution in [3.05, 3.63) is 0 Å². The van der Waals surface area contributed by atoms with Crippen LogP contribution in [0, 0.1) is 5.92 Å². The van der Waals surface area contributed by atoms with Gasteiger partial charge < -0.3 is 23.1 Å². The standard InChI is InChI=1S/C16H34O5Si/c1-5-6-7-11-21-16-13-14(8-9-15(16)17)10-12-22(18-2,19-3)20-4/h14-17H,5-13H2,1-4H3. The van der Waals surface area contributed by atoms with E-state index in [0.717, 1.165) is 44.8 Å². The second-order valence-electron chi connectivity index (χ2n) is 6.20. The first-order valence-electron chi connectivity index (χ1n) is 8.55. The molecule has 3 atom stereocenters. The molecule has 0 aromatic carbocycles. The Hall–Kier alpha value is 0.0169.